The van der Waals surface area contributed by atoms with E-state index in [1.165, 1.54) is 0 Å². The van der Waals surface area contributed by atoms with Gasteiger partial charge in [0.1, 0.15) is 0 Å². The van der Waals surface area contributed by atoms with E-state index in [0.717, 1.165) is 23.9 Å². The fourth-order valence-electron chi connectivity index (χ4n) is 1.56. The Kier molecular flexibility index (Phi) is 6.10. The Morgan fingerprint density at radius 2 is 2.17 bits per heavy atom. The summed E-state index contributed by atoms with van der Waals surface area (Å²) in [5.74, 6) is 0. The topological polar surface area (TPSA) is 52.0 Å². The minimum Gasteiger partial charge on any atom is -0.345 e. The summed E-state index contributed by atoms with van der Waals surface area (Å²) in [4.78, 5) is 6.82. The predicted molar refractivity (Wildman–Crippen MR) is 76.8 cm³/mol. The fraction of sp³-hybridized carbons (Fsp3) is 0.692. The second-order valence-electron chi connectivity index (χ2n) is 4.85. The van der Waals surface area contributed by atoms with Crippen LogP contribution in [0.2, 0.25) is 0 Å². The summed E-state index contributed by atoms with van der Waals surface area (Å²) in [5, 5.41) is 15.2. The predicted octanol–water partition coefficient (Wildman–Crippen LogP) is 2.77. The standard InChI is InChI=1S/C13H22N4S/c1-10(2)15-8-12-9-18-13(16-12)17(11(3)4)7-5-6-14/h9-11,15H,5,7-8H2,1-4H3. The van der Waals surface area contributed by atoms with Gasteiger partial charge in [0.25, 0.3) is 0 Å². The Hall–Kier alpha value is -1.12. The van der Waals surface area contributed by atoms with E-state index in [9.17, 15) is 0 Å². The molecule has 0 aromatic carbocycles. The van der Waals surface area contributed by atoms with E-state index in [4.69, 9.17) is 5.26 Å². The second kappa shape index (κ2) is 7.34. The molecule has 0 unspecified atom stereocenters. The number of rotatable bonds is 7. The van der Waals surface area contributed by atoms with E-state index < -0.39 is 0 Å². The molecule has 0 aliphatic carbocycles. The molecule has 0 saturated heterocycles. The van der Waals surface area contributed by atoms with Crippen LogP contribution in [0.1, 0.15) is 39.8 Å². The van der Waals surface area contributed by atoms with Gasteiger partial charge in [0.15, 0.2) is 5.13 Å². The van der Waals surface area contributed by atoms with Crippen LogP contribution < -0.4 is 10.2 Å². The van der Waals surface area contributed by atoms with Gasteiger partial charge in [-0.3, -0.25) is 0 Å². The third-order valence-corrected chi connectivity index (χ3v) is 3.49. The van der Waals surface area contributed by atoms with Crippen LogP contribution in [-0.4, -0.2) is 23.6 Å². The van der Waals surface area contributed by atoms with Gasteiger partial charge in [-0.25, -0.2) is 4.98 Å². The van der Waals surface area contributed by atoms with Crippen molar-refractivity contribution in [1.82, 2.24) is 10.3 Å². The Bertz CT molecular complexity index is 392. The number of anilines is 1. The second-order valence-corrected chi connectivity index (χ2v) is 5.69. The highest BCUT2D eigenvalue weighted by Gasteiger charge is 2.14. The third-order valence-electron chi connectivity index (χ3n) is 2.56. The molecule has 0 atom stereocenters. The van der Waals surface area contributed by atoms with Gasteiger partial charge in [0.2, 0.25) is 0 Å². The molecule has 1 aromatic heterocycles. The monoisotopic (exact) mass is 266 g/mol. The van der Waals surface area contributed by atoms with Gasteiger partial charge in [0.05, 0.1) is 18.2 Å². The SMILES string of the molecule is CC(C)NCc1csc(N(CCC#N)C(C)C)n1. The van der Waals surface area contributed by atoms with Crippen LogP contribution in [0.25, 0.3) is 0 Å². The highest BCUT2D eigenvalue weighted by atomic mass is 32.1. The van der Waals surface area contributed by atoms with E-state index >= 15 is 0 Å². The first-order valence-corrected chi connectivity index (χ1v) is 7.24. The fourth-order valence-corrected chi connectivity index (χ4v) is 2.55. The summed E-state index contributed by atoms with van der Waals surface area (Å²) >= 11 is 1.65. The zero-order valence-electron chi connectivity index (χ0n) is 11.6. The highest BCUT2D eigenvalue weighted by Crippen LogP contribution is 2.22. The van der Waals surface area contributed by atoms with Crippen LogP contribution in [-0.2, 0) is 6.54 Å². The van der Waals surface area contributed by atoms with E-state index in [0.29, 0.717) is 18.5 Å². The molecule has 5 heteroatoms. The van der Waals surface area contributed by atoms with Gasteiger partial charge in [0, 0.05) is 30.6 Å². The zero-order valence-corrected chi connectivity index (χ0v) is 12.4. The highest BCUT2D eigenvalue weighted by molar-refractivity contribution is 7.13. The summed E-state index contributed by atoms with van der Waals surface area (Å²) in [7, 11) is 0. The number of thiazole rings is 1. The first kappa shape index (κ1) is 14.9. The lowest BCUT2D eigenvalue weighted by Gasteiger charge is -2.24. The van der Waals surface area contributed by atoms with E-state index in [1.807, 2.05) is 0 Å². The van der Waals surface area contributed by atoms with Crippen molar-refractivity contribution >= 4 is 16.5 Å². The van der Waals surface area contributed by atoms with E-state index in [-0.39, 0.29) is 0 Å². The van der Waals surface area contributed by atoms with Crippen LogP contribution in [0.15, 0.2) is 5.38 Å². The van der Waals surface area contributed by atoms with Crippen LogP contribution in [0.5, 0.6) is 0 Å². The van der Waals surface area contributed by atoms with Gasteiger partial charge in [-0.1, -0.05) is 13.8 Å². The maximum atomic E-state index is 8.69. The van der Waals surface area contributed by atoms with Crippen molar-refractivity contribution < 1.29 is 0 Å². The third kappa shape index (κ3) is 4.63. The molecule has 4 nitrogen and oxygen atoms in total. The number of nitrogens with zero attached hydrogens (tertiary/aromatic N) is 3. The van der Waals surface area contributed by atoms with Gasteiger partial charge < -0.3 is 10.2 Å². The maximum Gasteiger partial charge on any atom is 0.185 e. The molecule has 0 fully saturated rings. The van der Waals surface area contributed by atoms with Gasteiger partial charge in [-0.05, 0) is 13.8 Å². The zero-order chi connectivity index (χ0) is 13.5. The molecular formula is C13H22N4S. The molecule has 1 rings (SSSR count). The minimum atomic E-state index is 0.371. The molecule has 1 aromatic rings. The Morgan fingerprint density at radius 3 is 2.72 bits per heavy atom. The summed E-state index contributed by atoms with van der Waals surface area (Å²) in [5.41, 5.74) is 1.08. The van der Waals surface area contributed by atoms with Crippen molar-refractivity contribution in [3.05, 3.63) is 11.1 Å². The molecule has 0 aliphatic rings. The minimum absolute atomic E-state index is 0.371. The van der Waals surface area contributed by atoms with Crippen molar-refractivity contribution in [3.8, 4) is 6.07 Å². The summed E-state index contributed by atoms with van der Waals surface area (Å²) in [6, 6.07) is 3.03. The Labute approximate surface area is 114 Å². The molecular weight excluding hydrogens is 244 g/mol. The quantitative estimate of drug-likeness (QED) is 0.824. The molecule has 0 saturated carbocycles. The maximum absolute atomic E-state index is 8.69. The average Bonchev–Trinajstić information content (AvgIpc) is 2.75. The van der Waals surface area contributed by atoms with Crippen LogP contribution in [0.4, 0.5) is 5.13 Å². The molecule has 18 heavy (non-hydrogen) atoms. The Morgan fingerprint density at radius 1 is 1.44 bits per heavy atom. The smallest absolute Gasteiger partial charge is 0.185 e. The van der Waals surface area contributed by atoms with Gasteiger partial charge in [-0.15, -0.1) is 11.3 Å². The van der Waals surface area contributed by atoms with Crippen molar-refractivity contribution in [1.29, 1.82) is 5.26 Å². The summed E-state index contributed by atoms with van der Waals surface area (Å²) < 4.78 is 0. The number of hydrogen-bond acceptors (Lipinski definition) is 5. The number of hydrogen-bond donors (Lipinski definition) is 1. The van der Waals surface area contributed by atoms with Crippen LogP contribution in [0.3, 0.4) is 0 Å². The van der Waals surface area contributed by atoms with Crippen LogP contribution in [0, 0.1) is 11.3 Å². The molecule has 1 heterocycles. The number of nitriles is 1. The first-order chi connectivity index (χ1) is 8.54. The van der Waals surface area contributed by atoms with Crippen molar-refractivity contribution in [3.63, 3.8) is 0 Å². The van der Waals surface area contributed by atoms with E-state index in [1.54, 1.807) is 11.3 Å². The lowest BCUT2D eigenvalue weighted by molar-refractivity contribution is 0.582. The normalized spacial score (nSPS) is 10.9. The molecule has 0 bridgehead atoms. The summed E-state index contributed by atoms with van der Waals surface area (Å²) in [6.45, 7) is 10.1. The van der Waals surface area contributed by atoms with Crippen LogP contribution >= 0.6 is 11.3 Å². The average molecular weight is 266 g/mol. The first-order valence-electron chi connectivity index (χ1n) is 6.36. The Balaban J connectivity index is 2.66. The van der Waals surface area contributed by atoms with Gasteiger partial charge >= 0.3 is 0 Å². The molecule has 1 N–H and O–H groups in total. The molecule has 0 aliphatic heterocycles. The number of aromatic nitrogens is 1. The van der Waals surface area contributed by atoms with Gasteiger partial charge in [-0.2, -0.15) is 5.26 Å². The number of nitrogens with one attached hydrogen (secondary N) is 1. The van der Waals surface area contributed by atoms with Crippen molar-refractivity contribution in [2.75, 3.05) is 11.4 Å². The molecule has 0 radical (unpaired) electrons. The van der Waals surface area contributed by atoms with E-state index in [2.05, 4.69) is 54.3 Å². The van der Waals surface area contributed by atoms with Crippen molar-refractivity contribution in [2.24, 2.45) is 0 Å². The summed E-state index contributed by atoms with van der Waals surface area (Å²) in [6.07, 6.45) is 0.539. The lowest BCUT2D eigenvalue weighted by atomic mass is 10.3. The largest absolute Gasteiger partial charge is 0.345 e. The van der Waals surface area contributed by atoms with Crippen molar-refractivity contribution in [2.45, 2.75) is 52.7 Å². The molecule has 100 valence electrons. The molecule has 0 spiro atoms. The molecule has 0 amide bonds. The lowest BCUT2D eigenvalue weighted by Crippen LogP contribution is -2.31.